The molecule has 38 heavy (non-hydrogen) atoms. The Bertz CT molecular complexity index is 1330. The van der Waals surface area contributed by atoms with Gasteiger partial charge in [0.25, 0.3) is 11.8 Å². The Kier molecular flexibility index (Phi) is 7.88. The number of nitrogens with zero attached hydrogens (tertiary/aromatic N) is 5. The monoisotopic (exact) mass is 592 g/mol. The summed E-state index contributed by atoms with van der Waals surface area (Å²) in [5.41, 5.74) is 5.61. The zero-order chi connectivity index (χ0) is 27.8. The van der Waals surface area contributed by atoms with E-state index in [0.717, 1.165) is 28.0 Å². The van der Waals surface area contributed by atoms with Crippen LogP contribution >= 0.6 is 34.9 Å². The molecule has 2 unspecified atom stereocenters. The topological polar surface area (TPSA) is 189 Å². The van der Waals surface area contributed by atoms with Crippen LogP contribution in [0, 0.1) is 0 Å². The van der Waals surface area contributed by atoms with Gasteiger partial charge in [0.15, 0.2) is 16.0 Å². The number of carbonyl (C=O) groups excluding carboxylic acids is 2. The van der Waals surface area contributed by atoms with Gasteiger partial charge in [-0.2, -0.15) is 13.2 Å². The van der Waals surface area contributed by atoms with E-state index in [9.17, 15) is 32.7 Å². The minimum absolute atomic E-state index is 0.138. The molecule has 1 saturated heterocycles. The number of nitrogen functional groups attached to an aromatic ring is 1. The van der Waals surface area contributed by atoms with Gasteiger partial charge in [0, 0.05) is 16.4 Å². The number of aliphatic carboxylic acids is 1. The average Bonchev–Trinajstić information content (AvgIpc) is 3.52. The van der Waals surface area contributed by atoms with Crippen molar-refractivity contribution in [3.63, 3.8) is 0 Å². The molecule has 2 aliphatic heterocycles. The molecule has 204 valence electrons. The number of nitrogens with two attached hydrogens (primary N) is 1. The molecule has 19 heteroatoms. The number of anilines is 1. The lowest BCUT2D eigenvalue weighted by molar-refractivity contribution is -0.150. The molecule has 2 aromatic heterocycles. The third-order valence-electron chi connectivity index (χ3n) is 5.40. The standard InChI is InChI=1S/C19H19F3N8O5S3/c1-3-8(38-18-26-16(27-28-18)19(20,21)22)6-4-36-14-10(13(32)30(14)11(6)15(33)34)25-12(31)9(29-35-2)7-5-37-17(23)24-7/h5,8,10,14H,3-4H2,1-2H3,(H2,23,24)(H,25,31)(H,33,34)(H,26,27,28)/t8?,10?,14-/m0/s1. The number of oxime groups is 1. The molecular weight excluding hydrogens is 573 g/mol. The minimum Gasteiger partial charge on any atom is -0.477 e. The summed E-state index contributed by atoms with van der Waals surface area (Å²) in [5.74, 6) is -3.94. The van der Waals surface area contributed by atoms with Crippen LogP contribution in [0.3, 0.4) is 0 Å². The van der Waals surface area contributed by atoms with E-state index in [2.05, 4.69) is 30.6 Å². The molecule has 0 saturated carbocycles. The van der Waals surface area contributed by atoms with Crippen LogP contribution in [0.4, 0.5) is 18.3 Å². The lowest BCUT2D eigenvalue weighted by Crippen LogP contribution is -2.71. The number of hydrogen-bond acceptors (Lipinski definition) is 12. The molecule has 0 aromatic carbocycles. The molecule has 13 nitrogen and oxygen atoms in total. The molecule has 0 radical (unpaired) electrons. The number of aromatic nitrogens is 4. The van der Waals surface area contributed by atoms with Gasteiger partial charge in [0.2, 0.25) is 5.82 Å². The number of rotatable bonds is 9. The second kappa shape index (κ2) is 10.8. The first-order valence-electron chi connectivity index (χ1n) is 10.7. The summed E-state index contributed by atoms with van der Waals surface area (Å²) in [6.45, 7) is 1.73. The average molecular weight is 593 g/mol. The van der Waals surface area contributed by atoms with Gasteiger partial charge in [0.05, 0.1) is 0 Å². The molecule has 0 spiro atoms. The first-order valence-corrected chi connectivity index (χ1v) is 13.5. The summed E-state index contributed by atoms with van der Waals surface area (Å²) in [6, 6.07) is -1.06. The molecule has 4 rings (SSSR count). The highest BCUT2D eigenvalue weighted by atomic mass is 32.2. The number of hydrogen-bond donors (Lipinski definition) is 4. The normalized spacial score (nSPS) is 20.6. The smallest absolute Gasteiger partial charge is 0.451 e. The highest BCUT2D eigenvalue weighted by molar-refractivity contribution is 8.01. The van der Waals surface area contributed by atoms with E-state index < -0.39 is 46.5 Å². The molecule has 4 heterocycles. The van der Waals surface area contributed by atoms with Gasteiger partial charge in [-0.05, 0) is 12.0 Å². The maximum absolute atomic E-state index is 13.0. The maximum atomic E-state index is 13.0. The van der Waals surface area contributed by atoms with Crippen molar-refractivity contribution in [3.05, 3.63) is 28.2 Å². The van der Waals surface area contributed by atoms with E-state index in [1.807, 2.05) is 0 Å². The number of H-pyrrole nitrogens is 1. The number of carbonyl (C=O) groups is 3. The Hall–Kier alpha value is -3.32. The van der Waals surface area contributed by atoms with Crippen LogP contribution in [-0.4, -0.2) is 83.2 Å². The minimum atomic E-state index is -4.71. The predicted octanol–water partition coefficient (Wildman–Crippen LogP) is 1.52. The van der Waals surface area contributed by atoms with Gasteiger partial charge in [-0.25, -0.2) is 9.78 Å². The second-order valence-electron chi connectivity index (χ2n) is 7.72. The summed E-state index contributed by atoms with van der Waals surface area (Å²) in [4.78, 5) is 50.0. The Morgan fingerprint density at radius 3 is 2.74 bits per heavy atom. The van der Waals surface area contributed by atoms with Crippen molar-refractivity contribution in [2.45, 2.75) is 41.3 Å². The third kappa shape index (κ3) is 5.30. The van der Waals surface area contributed by atoms with Crippen molar-refractivity contribution in [1.29, 1.82) is 0 Å². The fraction of sp³-hybridized carbons (Fsp3) is 0.421. The van der Waals surface area contributed by atoms with Crippen molar-refractivity contribution >= 4 is 63.5 Å². The van der Waals surface area contributed by atoms with Crippen LogP contribution < -0.4 is 11.1 Å². The lowest BCUT2D eigenvalue weighted by Gasteiger charge is -2.50. The van der Waals surface area contributed by atoms with Crippen LogP contribution in [0.2, 0.25) is 0 Å². The zero-order valence-electron chi connectivity index (χ0n) is 19.5. The van der Waals surface area contributed by atoms with Gasteiger partial charge in [-0.1, -0.05) is 23.8 Å². The molecule has 0 aliphatic carbocycles. The van der Waals surface area contributed by atoms with E-state index in [1.54, 1.807) is 6.92 Å². The number of amides is 2. The number of aromatic amines is 1. The number of carboxylic acid groups (broad SMARTS) is 1. The van der Waals surface area contributed by atoms with Crippen molar-refractivity contribution in [2.75, 3.05) is 18.6 Å². The van der Waals surface area contributed by atoms with E-state index in [-0.39, 0.29) is 33.1 Å². The van der Waals surface area contributed by atoms with Gasteiger partial charge >= 0.3 is 12.1 Å². The zero-order valence-corrected chi connectivity index (χ0v) is 21.9. The maximum Gasteiger partial charge on any atom is 0.451 e. The predicted molar refractivity (Wildman–Crippen MR) is 131 cm³/mol. The summed E-state index contributed by atoms with van der Waals surface area (Å²) in [7, 11) is 1.23. The van der Waals surface area contributed by atoms with E-state index in [4.69, 9.17) is 10.6 Å². The third-order valence-corrected chi connectivity index (χ3v) is 8.68. The number of β-lactam (4-membered cyclic amide) rings is 1. The van der Waals surface area contributed by atoms with Crippen LogP contribution in [0.15, 0.2) is 27.0 Å². The van der Waals surface area contributed by atoms with E-state index in [1.165, 1.54) is 24.3 Å². The Labute approximate surface area is 224 Å². The second-order valence-corrected chi connectivity index (χ2v) is 10.9. The number of carboxylic acids is 1. The fourth-order valence-corrected chi connectivity index (χ4v) is 6.85. The van der Waals surface area contributed by atoms with Crippen LogP contribution in [0.1, 0.15) is 24.9 Å². The molecule has 2 aromatic rings. The molecular formula is C19H19F3N8O5S3. The number of halogens is 3. The van der Waals surface area contributed by atoms with Crippen LogP contribution in [-0.2, 0) is 25.4 Å². The lowest BCUT2D eigenvalue weighted by atomic mass is 10.0. The summed E-state index contributed by atoms with van der Waals surface area (Å²) in [6.07, 6.45) is -4.38. The van der Waals surface area contributed by atoms with Crippen LogP contribution in [0.25, 0.3) is 0 Å². The first kappa shape index (κ1) is 27.7. The number of thioether (sulfide) groups is 2. The molecule has 0 bridgehead atoms. The van der Waals surface area contributed by atoms with Crippen LogP contribution in [0.5, 0.6) is 0 Å². The summed E-state index contributed by atoms with van der Waals surface area (Å²) < 4.78 is 38.6. The fourth-order valence-electron chi connectivity index (χ4n) is 3.75. The number of thiazole rings is 1. The number of fused-ring (bicyclic) bond motifs is 1. The molecule has 1 fully saturated rings. The molecule has 3 atom stereocenters. The summed E-state index contributed by atoms with van der Waals surface area (Å²) in [5, 5.41) is 23.0. The highest BCUT2D eigenvalue weighted by Gasteiger charge is 2.55. The number of nitrogens with one attached hydrogen (secondary N) is 2. The quantitative estimate of drug-likeness (QED) is 0.143. The number of alkyl halides is 3. The van der Waals surface area contributed by atoms with Crippen molar-refractivity contribution in [1.82, 2.24) is 30.4 Å². The first-order chi connectivity index (χ1) is 18.0. The van der Waals surface area contributed by atoms with E-state index in [0.29, 0.717) is 12.0 Å². The molecule has 5 N–H and O–H groups in total. The van der Waals surface area contributed by atoms with Gasteiger partial charge in [-0.3, -0.25) is 14.5 Å². The molecule has 2 amide bonds. The van der Waals surface area contributed by atoms with Crippen molar-refractivity contribution < 1.29 is 37.5 Å². The van der Waals surface area contributed by atoms with E-state index >= 15 is 0 Å². The summed E-state index contributed by atoms with van der Waals surface area (Å²) >= 11 is 3.17. The van der Waals surface area contributed by atoms with Crippen molar-refractivity contribution in [2.24, 2.45) is 5.16 Å². The van der Waals surface area contributed by atoms with Gasteiger partial charge < -0.3 is 26.0 Å². The SMILES string of the molecule is CCC(Sc1nnc(C(F)(F)F)[nH]1)C1=C(C(=O)O)N2C(=O)C(NC(=O)C(=NOC)c3csc(N)n3)[C@@H]2SC1. The Morgan fingerprint density at radius 1 is 1.45 bits per heavy atom. The highest BCUT2D eigenvalue weighted by Crippen LogP contribution is 2.44. The Balaban J connectivity index is 1.54. The van der Waals surface area contributed by atoms with Gasteiger partial charge in [-0.15, -0.1) is 33.3 Å². The molecule has 2 aliphatic rings. The van der Waals surface area contributed by atoms with Gasteiger partial charge in [0.1, 0.15) is 29.9 Å². The van der Waals surface area contributed by atoms with Crippen molar-refractivity contribution in [3.8, 4) is 0 Å². The largest absolute Gasteiger partial charge is 0.477 e. The Morgan fingerprint density at radius 2 is 2.18 bits per heavy atom.